The standard InChI is InChI=1S/C12H17BrN2O2/c1-12(2,8-14)15-11(16)7-17-10-5-3-9(13)4-6-10/h3-6H,7-8,14H2,1-2H3,(H,15,16). The monoisotopic (exact) mass is 300 g/mol. The van der Waals surface area contributed by atoms with Gasteiger partial charge in [0.05, 0.1) is 0 Å². The lowest BCUT2D eigenvalue weighted by Gasteiger charge is -2.24. The van der Waals surface area contributed by atoms with Crippen molar-refractivity contribution in [1.82, 2.24) is 5.32 Å². The van der Waals surface area contributed by atoms with Crippen LogP contribution in [0.3, 0.4) is 0 Å². The van der Waals surface area contributed by atoms with E-state index in [1.807, 2.05) is 26.0 Å². The summed E-state index contributed by atoms with van der Waals surface area (Å²) in [6.45, 7) is 4.11. The Kier molecular flexibility index (Phi) is 4.96. The van der Waals surface area contributed by atoms with Crippen molar-refractivity contribution in [1.29, 1.82) is 0 Å². The third-order valence-corrected chi connectivity index (χ3v) is 2.70. The van der Waals surface area contributed by atoms with Gasteiger partial charge in [-0.05, 0) is 38.1 Å². The molecule has 0 aromatic heterocycles. The van der Waals surface area contributed by atoms with Gasteiger partial charge in [-0.25, -0.2) is 0 Å². The molecule has 0 fully saturated rings. The van der Waals surface area contributed by atoms with Crippen LogP contribution in [-0.4, -0.2) is 24.6 Å². The lowest BCUT2D eigenvalue weighted by molar-refractivity contribution is -0.124. The van der Waals surface area contributed by atoms with Crippen molar-refractivity contribution in [3.05, 3.63) is 28.7 Å². The van der Waals surface area contributed by atoms with Crippen LogP contribution in [0.4, 0.5) is 0 Å². The summed E-state index contributed by atoms with van der Waals surface area (Å²) in [6.07, 6.45) is 0. The van der Waals surface area contributed by atoms with E-state index in [9.17, 15) is 4.79 Å². The molecule has 0 atom stereocenters. The first-order chi connectivity index (χ1) is 7.93. The molecule has 0 spiro atoms. The predicted molar refractivity (Wildman–Crippen MR) is 70.9 cm³/mol. The molecule has 3 N–H and O–H groups in total. The highest BCUT2D eigenvalue weighted by molar-refractivity contribution is 9.10. The average molecular weight is 301 g/mol. The zero-order valence-corrected chi connectivity index (χ0v) is 11.6. The van der Waals surface area contributed by atoms with Crippen molar-refractivity contribution in [3.63, 3.8) is 0 Å². The summed E-state index contributed by atoms with van der Waals surface area (Å²) in [5, 5.41) is 2.79. The molecule has 1 amide bonds. The van der Waals surface area contributed by atoms with E-state index in [0.717, 1.165) is 4.47 Å². The highest BCUT2D eigenvalue weighted by Crippen LogP contribution is 2.15. The topological polar surface area (TPSA) is 64.3 Å². The third-order valence-electron chi connectivity index (χ3n) is 2.17. The van der Waals surface area contributed by atoms with Gasteiger partial charge >= 0.3 is 0 Å². The Morgan fingerprint density at radius 3 is 2.53 bits per heavy atom. The summed E-state index contributed by atoms with van der Waals surface area (Å²) in [5.41, 5.74) is 5.12. The highest BCUT2D eigenvalue weighted by atomic mass is 79.9. The number of nitrogens with two attached hydrogens (primary N) is 1. The van der Waals surface area contributed by atoms with E-state index in [1.165, 1.54) is 0 Å². The van der Waals surface area contributed by atoms with Crippen LogP contribution >= 0.6 is 15.9 Å². The Labute approximate surface area is 110 Å². The number of amides is 1. The molecule has 5 heteroatoms. The second-order valence-corrected chi connectivity index (χ2v) is 5.29. The number of hydrogen-bond donors (Lipinski definition) is 2. The van der Waals surface area contributed by atoms with Crippen LogP contribution < -0.4 is 15.8 Å². The molecule has 1 rings (SSSR count). The molecule has 1 aromatic rings. The Balaban J connectivity index is 2.41. The van der Waals surface area contributed by atoms with Gasteiger partial charge in [-0.1, -0.05) is 15.9 Å². The Morgan fingerprint density at radius 1 is 1.41 bits per heavy atom. The minimum absolute atomic E-state index is 0.00887. The number of halogens is 1. The molecule has 1 aromatic carbocycles. The van der Waals surface area contributed by atoms with Gasteiger partial charge in [-0.2, -0.15) is 0 Å². The Bertz CT molecular complexity index is 377. The fourth-order valence-electron chi connectivity index (χ4n) is 1.14. The molecule has 94 valence electrons. The molecular weight excluding hydrogens is 284 g/mol. The molecule has 4 nitrogen and oxygen atoms in total. The number of ether oxygens (including phenoxy) is 1. The minimum Gasteiger partial charge on any atom is -0.484 e. The van der Waals surface area contributed by atoms with Gasteiger partial charge in [-0.3, -0.25) is 4.79 Å². The normalized spacial score (nSPS) is 11.1. The maximum absolute atomic E-state index is 11.6. The van der Waals surface area contributed by atoms with Gasteiger partial charge in [-0.15, -0.1) is 0 Å². The van der Waals surface area contributed by atoms with Crippen molar-refractivity contribution in [3.8, 4) is 5.75 Å². The molecule has 0 saturated heterocycles. The molecule has 17 heavy (non-hydrogen) atoms. The summed E-state index contributed by atoms with van der Waals surface area (Å²) >= 11 is 3.33. The molecule has 0 bridgehead atoms. The minimum atomic E-state index is -0.403. The van der Waals surface area contributed by atoms with E-state index < -0.39 is 5.54 Å². The summed E-state index contributed by atoms with van der Waals surface area (Å²) < 4.78 is 6.31. The van der Waals surface area contributed by atoms with E-state index in [2.05, 4.69) is 21.2 Å². The van der Waals surface area contributed by atoms with Crippen LogP contribution in [0.25, 0.3) is 0 Å². The summed E-state index contributed by atoms with van der Waals surface area (Å²) in [6, 6.07) is 7.31. The van der Waals surface area contributed by atoms with Crippen LogP contribution in [-0.2, 0) is 4.79 Å². The van der Waals surface area contributed by atoms with Crippen LogP contribution in [0.2, 0.25) is 0 Å². The van der Waals surface area contributed by atoms with E-state index in [-0.39, 0.29) is 12.5 Å². The van der Waals surface area contributed by atoms with Gasteiger partial charge in [0.15, 0.2) is 6.61 Å². The first-order valence-corrected chi connectivity index (χ1v) is 6.12. The smallest absolute Gasteiger partial charge is 0.258 e. The molecule has 0 heterocycles. The maximum atomic E-state index is 11.6. The summed E-state index contributed by atoms with van der Waals surface area (Å²) in [7, 11) is 0. The lowest BCUT2D eigenvalue weighted by Crippen LogP contribution is -2.50. The van der Waals surface area contributed by atoms with Crippen LogP contribution in [0.1, 0.15) is 13.8 Å². The summed E-state index contributed by atoms with van der Waals surface area (Å²) in [5.74, 6) is 0.484. The van der Waals surface area contributed by atoms with Gasteiger partial charge in [0.2, 0.25) is 0 Å². The average Bonchev–Trinajstić information content (AvgIpc) is 2.28. The number of carbonyl (C=O) groups excluding carboxylic acids is 1. The molecule has 0 aliphatic carbocycles. The fraction of sp³-hybridized carbons (Fsp3) is 0.417. The predicted octanol–water partition coefficient (Wildman–Crippen LogP) is 1.68. The van der Waals surface area contributed by atoms with Crippen molar-refractivity contribution in [2.24, 2.45) is 5.73 Å². The van der Waals surface area contributed by atoms with Gasteiger partial charge in [0.25, 0.3) is 5.91 Å². The third kappa shape index (κ3) is 5.19. The second-order valence-electron chi connectivity index (χ2n) is 4.38. The first-order valence-electron chi connectivity index (χ1n) is 5.32. The van der Waals surface area contributed by atoms with Gasteiger partial charge < -0.3 is 15.8 Å². The quantitative estimate of drug-likeness (QED) is 0.869. The second kappa shape index (κ2) is 6.02. The van der Waals surface area contributed by atoms with Crippen LogP contribution in [0.5, 0.6) is 5.75 Å². The van der Waals surface area contributed by atoms with Gasteiger partial charge in [0, 0.05) is 16.6 Å². The molecule has 0 saturated carbocycles. The van der Waals surface area contributed by atoms with Crippen LogP contribution in [0, 0.1) is 0 Å². The van der Waals surface area contributed by atoms with E-state index in [0.29, 0.717) is 12.3 Å². The molecular formula is C12H17BrN2O2. The Morgan fingerprint density at radius 2 is 2.00 bits per heavy atom. The van der Waals surface area contributed by atoms with E-state index >= 15 is 0 Å². The van der Waals surface area contributed by atoms with Crippen LogP contribution in [0.15, 0.2) is 28.7 Å². The molecule has 0 radical (unpaired) electrons. The largest absolute Gasteiger partial charge is 0.484 e. The number of rotatable bonds is 5. The first kappa shape index (κ1) is 14.0. The van der Waals surface area contributed by atoms with Crippen molar-refractivity contribution in [2.45, 2.75) is 19.4 Å². The maximum Gasteiger partial charge on any atom is 0.258 e. The van der Waals surface area contributed by atoms with Crippen molar-refractivity contribution < 1.29 is 9.53 Å². The van der Waals surface area contributed by atoms with Crippen molar-refractivity contribution >= 4 is 21.8 Å². The lowest BCUT2D eigenvalue weighted by atomic mass is 10.1. The zero-order valence-electron chi connectivity index (χ0n) is 10.00. The fourth-order valence-corrected chi connectivity index (χ4v) is 1.41. The number of benzene rings is 1. The molecule has 0 aliphatic rings. The number of nitrogens with one attached hydrogen (secondary N) is 1. The molecule has 0 unspecified atom stereocenters. The number of carbonyl (C=O) groups is 1. The highest BCUT2D eigenvalue weighted by Gasteiger charge is 2.18. The van der Waals surface area contributed by atoms with Gasteiger partial charge in [0.1, 0.15) is 5.75 Å². The SMILES string of the molecule is CC(C)(CN)NC(=O)COc1ccc(Br)cc1. The number of hydrogen-bond acceptors (Lipinski definition) is 3. The summed E-state index contributed by atoms with van der Waals surface area (Å²) in [4.78, 5) is 11.6. The van der Waals surface area contributed by atoms with E-state index in [4.69, 9.17) is 10.5 Å². The zero-order chi connectivity index (χ0) is 12.9. The van der Waals surface area contributed by atoms with Crippen molar-refractivity contribution in [2.75, 3.05) is 13.2 Å². The Hall–Kier alpha value is -1.07. The molecule has 0 aliphatic heterocycles. The van der Waals surface area contributed by atoms with E-state index in [1.54, 1.807) is 12.1 Å².